The van der Waals surface area contributed by atoms with Crippen LogP contribution in [0.4, 0.5) is 26.2 Å². The normalized spacial score (nSPS) is 15.5. The second-order valence-electron chi connectivity index (χ2n) is 5.71. The van der Waals surface area contributed by atoms with Crippen LogP contribution in [0.2, 0.25) is 0 Å². The molecule has 1 fully saturated rings. The van der Waals surface area contributed by atoms with Crippen LogP contribution in [0.3, 0.4) is 0 Å². The van der Waals surface area contributed by atoms with Crippen LogP contribution < -0.4 is 19.7 Å². The number of nitrogens with zero attached hydrogens (tertiary/aromatic N) is 1. The average molecular weight is 379 g/mol. The Morgan fingerprint density at radius 1 is 1.15 bits per heavy atom. The largest absolute Gasteiger partial charge is 0.497 e. The first kappa shape index (κ1) is 18.0. The van der Waals surface area contributed by atoms with Crippen molar-refractivity contribution < 1.29 is 22.3 Å². The zero-order chi connectivity index (χ0) is 18.7. The summed E-state index contributed by atoms with van der Waals surface area (Å²) in [5.41, 5.74) is 0.723. The van der Waals surface area contributed by atoms with Crippen molar-refractivity contribution in [2.24, 2.45) is 0 Å². The molecular formula is C17H18FN3O4S. The summed E-state index contributed by atoms with van der Waals surface area (Å²) in [4.78, 5) is 12.1. The second kappa shape index (κ2) is 7.20. The molecule has 2 aromatic rings. The number of amides is 2. The first-order valence-electron chi connectivity index (χ1n) is 7.91. The highest BCUT2D eigenvalue weighted by Gasteiger charge is 2.28. The standard InChI is InChI=1S/C17H18FN3O4S/c1-25-14-6-3-12(4-7-14)19-17(22)20-16-11-13(5-8-15(16)18)21-9-2-10-26(21,23)24/h3-8,11H,2,9-10H2,1H3,(H2,19,20,22). The van der Waals surface area contributed by atoms with Crippen molar-refractivity contribution in [1.82, 2.24) is 0 Å². The van der Waals surface area contributed by atoms with Crippen molar-refractivity contribution >= 4 is 33.1 Å². The summed E-state index contributed by atoms with van der Waals surface area (Å²) in [7, 11) is -1.85. The van der Waals surface area contributed by atoms with Gasteiger partial charge in [0.2, 0.25) is 10.0 Å². The molecule has 0 unspecified atom stereocenters. The minimum absolute atomic E-state index is 0.0606. The predicted molar refractivity (Wildman–Crippen MR) is 97.8 cm³/mol. The van der Waals surface area contributed by atoms with Gasteiger partial charge < -0.3 is 15.4 Å². The second-order valence-corrected chi connectivity index (χ2v) is 7.73. The highest BCUT2D eigenvalue weighted by Crippen LogP contribution is 2.28. The molecule has 0 radical (unpaired) electrons. The van der Waals surface area contributed by atoms with E-state index in [0.717, 1.165) is 6.07 Å². The lowest BCUT2D eigenvalue weighted by atomic mass is 10.2. The third kappa shape index (κ3) is 3.88. The predicted octanol–water partition coefficient (Wildman–Crippen LogP) is 3.02. The molecular weight excluding hydrogens is 361 g/mol. The lowest BCUT2D eigenvalue weighted by Gasteiger charge is -2.18. The average Bonchev–Trinajstić information content (AvgIpc) is 2.97. The van der Waals surface area contributed by atoms with Crippen LogP contribution in [0.15, 0.2) is 42.5 Å². The number of ether oxygens (including phenoxy) is 1. The number of benzene rings is 2. The first-order valence-corrected chi connectivity index (χ1v) is 9.52. The molecule has 0 bridgehead atoms. The van der Waals surface area contributed by atoms with E-state index in [0.29, 0.717) is 30.1 Å². The van der Waals surface area contributed by atoms with E-state index in [1.807, 2.05) is 0 Å². The Bertz CT molecular complexity index is 916. The van der Waals surface area contributed by atoms with Gasteiger partial charge in [-0.3, -0.25) is 4.31 Å². The number of rotatable bonds is 4. The van der Waals surface area contributed by atoms with Crippen LogP contribution in [0.25, 0.3) is 0 Å². The molecule has 3 rings (SSSR count). The molecule has 1 saturated heterocycles. The monoisotopic (exact) mass is 379 g/mol. The summed E-state index contributed by atoms with van der Waals surface area (Å²) >= 11 is 0. The Hall–Kier alpha value is -2.81. The Labute approximate surface area is 150 Å². The molecule has 0 atom stereocenters. The zero-order valence-corrected chi connectivity index (χ0v) is 14.8. The summed E-state index contributed by atoms with van der Waals surface area (Å²) < 4.78 is 44.3. The lowest BCUT2D eigenvalue weighted by Crippen LogP contribution is -2.25. The molecule has 2 aromatic carbocycles. The van der Waals surface area contributed by atoms with Crippen LogP contribution in [0.5, 0.6) is 5.75 Å². The molecule has 9 heteroatoms. The molecule has 2 N–H and O–H groups in total. The number of hydrogen-bond acceptors (Lipinski definition) is 4. The van der Waals surface area contributed by atoms with Crippen molar-refractivity contribution in [2.45, 2.75) is 6.42 Å². The number of anilines is 3. The fourth-order valence-corrected chi connectivity index (χ4v) is 4.21. The molecule has 0 aliphatic carbocycles. The third-order valence-corrected chi connectivity index (χ3v) is 5.80. The minimum Gasteiger partial charge on any atom is -0.497 e. The fourth-order valence-electron chi connectivity index (χ4n) is 2.65. The van der Waals surface area contributed by atoms with Crippen molar-refractivity contribution in [1.29, 1.82) is 0 Å². The van der Waals surface area contributed by atoms with Gasteiger partial charge in [0.25, 0.3) is 0 Å². The van der Waals surface area contributed by atoms with E-state index in [2.05, 4.69) is 10.6 Å². The van der Waals surface area contributed by atoms with E-state index < -0.39 is 21.9 Å². The summed E-state index contributed by atoms with van der Waals surface area (Å²) in [6.45, 7) is 0.339. The SMILES string of the molecule is COc1ccc(NC(=O)Nc2cc(N3CCCS3(=O)=O)ccc2F)cc1. The highest BCUT2D eigenvalue weighted by molar-refractivity contribution is 7.93. The van der Waals surface area contributed by atoms with Crippen LogP contribution >= 0.6 is 0 Å². The number of nitrogens with one attached hydrogen (secondary N) is 2. The number of sulfonamides is 1. The van der Waals surface area contributed by atoms with Crippen LogP contribution in [0.1, 0.15) is 6.42 Å². The summed E-state index contributed by atoms with van der Waals surface area (Å²) in [6.07, 6.45) is 0.514. The maximum Gasteiger partial charge on any atom is 0.323 e. The summed E-state index contributed by atoms with van der Waals surface area (Å²) in [6, 6.07) is 9.81. The molecule has 0 saturated carbocycles. The maximum absolute atomic E-state index is 14.0. The number of hydrogen-bond donors (Lipinski definition) is 2. The van der Waals surface area contributed by atoms with Crippen molar-refractivity contribution in [3.05, 3.63) is 48.3 Å². The van der Waals surface area contributed by atoms with Gasteiger partial charge in [-0.05, 0) is 48.9 Å². The maximum atomic E-state index is 14.0. The molecule has 2 amide bonds. The van der Waals surface area contributed by atoms with E-state index in [1.54, 1.807) is 24.3 Å². The Balaban J connectivity index is 1.74. The van der Waals surface area contributed by atoms with E-state index in [-0.39, 0.29) is 11.4 Å². The Morgan fingerprint density at radius 2 is 1.88 bits per heavy atom. The number of carbonyl (C=O) groups excluding carboxylic acids is 1. The molecule has 138 valence electrons. The van der Waals surface area contributed by atoms with E-state index >= 15 is 0 Å². The molecule has 7 nitrogen and oxygen atoms in total. The van der Waals surface area contributed by atoms with Gasteiger partial charge in [-0.1, -0.05) is 0 Å². The van der Waals surface area contributed by atoms with Gasteiger partial charge in [0, 0.05) is 12.2 Å². The molecule has 1 aliphatic rings. The summed E-state index contributed by atoms with van der Waals surface area (Å²) in [5.74, 6) is 0.0437. The molecule has 1 heterocycles. The number of carbonyl (C=O) groups is 1. The van der Waals surface area contributed by atoms with E-state index in [1.165, 1.54) is 23.5 Å². The molecule has 1 aliphatic heterocycles. The van der Waals surface area contributed by atoms with Gasteiger partial charge in [0.1, 0.15) is 11.6 Å². The lowest BCUT2D eigenvalue weighted by molar-refractivity contribution is 0.262. The van der Waals surface area contributed by atoms with Gasteiger partial charge in [-0.15, -0.1) is 0 Å². The third-order valence-electron chi connectivity index (χ3n) is 3.93. The quantitative estimate of drug-likeness (QED) is 0.855. The first-order chi connectivity index (χ1) is 12.4. The van der Waals surface area contributed by atoms with Gasteiger partial charge in [-0.2, -0.15) is 0 Å². The molecule has 26 heavy (non-hydrogen) atoms. The molecule has 0 aromatic heterocycles. The topological polar surface area (TPSA) is 87.7 Å². The van der Waals surface area contributed by atoms with Crippen LogP contribution in [-0.2, 0) is 10.0 Å². The smallest absolute Gasteiger partial charge is 0.323 e. The zero-order valence-electron chi connectivity index (χ0n) is 14.0. The number of halogens is 1. The van der Waals surface area contributed by atoms with E-state index in [4.69, 9.17) is 4.74 Å². The summed E-state index contributed by atoms with van der Waals surface area (Å²) in [5, 5.41) is 4.97. The van der Waals surface area contributed by atoms with Gasteiger partial charge in [0.05, 0.1) is 24.2 Å². The number of methoxy groups -OCH3 is 1. The van der Waals surface area contributed by atoms with Crippen LogP contribution in [-0.4, -0.2) is 33.9 Å². The van der Waals surface area contributed by atoms with Gasteiger partial charge in [0.15, 0.2) is 0 Å². The van der Waals surface area contributed by atoms with Crippen molar-refractivity contribution in [3.63, 3.8) is 0 Å². The Morgan fingerprint density at radius 3 is 2.50 bits per heavy atom. The minimum atomic E-state index is -3.38. The van der Waals surface area contributed by atoms with Crippen molar-refractivity contribution in [3.8, 4) is 5.75 Å². The van der Waals surface area contributed by atoms with Gasteiger partial charge >= 0.3 is 6.03 Å². The Kier molecular flexibility index (Phi) is 4.99. The van der Waals surface area contributed by atoms with Crippen molar-refractivity contribution in [2.75, 3.05) is 34.3 Å². The van der Waals surface area contributed by atoms with E-state index in [9.17, 15) is 17.6 Å². The van der Waals surface area contributed by atoms with Gasteiger partial charge in [-0.25, -0.2) is 17.6 Å². The molecule has 0 spiro atoms. The highest BCUT2D eigenvalue weighted by atomic mass is 32.2. The fraction of sp³-hybridized carbons (Fsp3) is 0.235. The van der Waals surface area contributed by atoms with Crippen LogP contribution in [0, 0.1) is 5.82 Å². The number of urea groups is 1.